The first-order valence-corrected chi connectivity index (χ1v) is 7.17. The zero-order chi connectivity index (χ0) is 14.2. The van der Waals surface area contributed by atoms with E-state index in [1.165, 1.54) is 19.3 Å². The molecule has 0 heterocycles. The average molecular weight is 272 g/mol. The summed E-state index contributed by atoms with van der Waals surface area (Å²) in [7, 11) is 0. The first-order valence-electron chi connectivity index (χ1n) is 7.17. The number of ether oxygens (including phenoxy) is 1. The molecule has 0 atom stereocenters. The Morgan fingerprint density at radius 1 is 1.35 bits per heavy atom. The number of hydrogen-bond acceptors (Lipinski definition) is 3. The van der Waals surface area contributed by atoms with E-state index in [-0.39, 0.29) is 12.3 Å². The van der Waals surface area contributed by atoms with E-state index in [1.54, 1.807) is 0 Å². The van der Waals surface area contributed by atoms with Crippen molar-refractivity contribution < 1.29 is 9.53 Å². The fourth-order valence-corrected chi connectivity index (χ4v) is 2.44. The summed E-state index contributed by atoms with van der Waals surface area (Å²) < 4.78 is 5.99. The second-order valence-electron chi connectivity index (χ2n) is 5.14. The van der Waals surface area contributed by atoms with Gasteiger partial charge in [-0.3, -0.25) is 4.79 Å². The third-order valence-electron chi connectivity index (χ3n) is 3.48. The molecule has 1 N–H and O–H groups in total. The monoisotopic (exact) mass is 272 g/mol. The summed E-state index contributed by atoms with van der Waals surface area (Å²) in [5.41, 5.74) is 0.990. The van der Waals surface area contributed by atoms with Gasteiger partial charge in [0.05, 0.1) is 12.2 Å². The van der Waals surface area contributed by atoms with Crippen LogP contribution in [0.25, 0.3) is 0 Å². The summed E-state index contributed by atoms with van der Waals surface area (Å²) in [5.74, 6) is 0.620. The zero-order valence-corrected chi connectivity index (χ0v) is 11.6. The number of carbonyl (C=O) groups is 1. The second-order valence-corrected chi connectivity index (χ2v) is 5.14. The van der Waals surface area contributed by atoms with Crippen molar-refractivity contribution in [2.45, 2.75) is 51.2 Å². The van der Waals surface area contributed by atoms with Gasteiger partial charge in [-0.1, -0.05) is 18.6 Å². The number of nitrogens with zero attached hydrogens (tertiary/aromatic N) is 1. The molecule has 106 valence electrons. The number of amides is 1. The molecule has 0 aliphatic heterocycles. The molecule has 0 saturated heterocycles. The van der Waals surface area contributed by atoms with Gasteiger partial charge in [-0.15, -0.1) is 0 Å². The first kappa shape index (κ1) is 14.4. The molecule has 0 bridgehead atoms. The topological polar surface area (TPSA) is 62.1 Å². The van der Waals surface area contributed by atoms with Gasteiger partial charge in [0.25, 0.3) is 0 Å². The smallest absolute Gasteiger partial charge is 0.234 e. The molecule has 0 radical (unpaired) electrons. The third kappa shape index (κ3) is 4.58. The molecular formula is C16H20N2O2. The molecule has 1 aromatic carbocycles. The summed E-state index contributed by atoms with van der Waals surface area (Å²) in [5, 5.41) is 11.1. The molecule has 1 aliphatic rings. The minimum atomic E-state index is -0.244. The number of benzene rings is 1. The van der Waals surface area contributed by atoms with Gasteiger partial charge in [0.2, 0.25) is 5.91 Å². The summed E-state index contributed by atoms with van der Waals surface area (Å²) in [6.45, 7) is 0.433. The molecule has 0 unspecified atom stereocenters. The Balaban J connectivity index is 1.87. The maximum absolute atomic E-state index is 11.3. The molecule has 4 heteroatoms. The van der Waals surface area contributed by atoms with E-state index in [1.807, 2.05) is 30.3 Å². The Hall–Kier alpha value is -2.02. The highest BCUT2D eigenvalue weighted by Gasteiger charge is 2.14. The van der Waals surface area contributed by atoms with E-state index in [9.17, 15) is 4.79 Å². The quantitative estimate of drug-likeness (QED) is 0.896. The fraction of sp³-hybridized carbons (Fsp3) is 0.500. The van der Waals surface area contributed by atoms with E-state index in [4.69, 9.17) is 10.00 Å². The minimum absolute atomic E-state index is 0.0989. The Morgan fingerprint density at radius 3 is 2.90 bits per heavy atom. The van der Waals surface area contributed by atoms with Crippen LogP contribution in [0.2, 0.25) is 0 Å². The van der Waals surface area contributed by atoms with Gasteiger partial charge < -0.3 is 10.1 Å². The Bertz CT molecular complexity index is 487. The SMILES string of the molecule is N#CCC(=O)NCc1cccc(OC2CCCCC2)c1. The molecule has 0 spiro atoms. The molecule has 4 nitrogen and oxygen atoms in total. The van der Waals surface area contributed by atoms with Crippen molar-refractivity contribution in [2.24, 2.45) is 0 Å². The number of rotatable bonds is 5. The van der Waals surface area contributed by atoms with E-state index in [2.05, 4.69) is 5.32 Å². The van der Waals surface area contributed by atoms with Crippen molar-refractivity contribution in [1.29, 1.82) is 5.26 Å². The van der Waals surface area contributed by atoms with Gasteiger partial charge >= 0.3 is 0 Å². The van der Waals surface area contributed by atoms with Crippen molar-refractivity contribution in [3.63, 3.8) is 0 Å². The average Bonchev–Trinajstić information content (AvgIpc) is 2.47. The van der Waals surface area contributed by atoms with Gasteiger partial charge in [0.1, 0.15) is 12.2 Å². The van der Waals surface area contributed by atoms with Crippen LogP contribution in [0, 0.1) is 11.3 Å². The Kier molecular flexibility index (Phi) is 5.43. The molecule has 2 rings (SSSR count). The largest absolute Gasteiger partial charge is 0.490 e. The van der Waals surface area contributed by atoms with Crippen molar-refractivity contribution in [2.75, 3.05) is 0 Å². The van der Waals surface area contributed by atoms with E-state index >= 15 is 0 Å². The van der Waals surface area contributed by atoms with Gasteiger partial charge in [-0.25, -0.2) is 0 Å². The molecule has 20 heavy (non-hydrogen) atoms. The Morgan fingerprint density at radius 2 is 2.15 bits per heavy atom. The lowest BCUT2D eigenvalue weighted by molar-refractivity contribution is -0.120. The van der Waals surface area contributed by atoms with Crippen LogP contribution in [0.5, 0.6) is 5.75 Å². The van der Waals surface area contributed by atoms with Crippen LogP contribution in [-0.4, -0.2) is 12.0 Å². The lowest BCUT2D eigenvalue weighted by Gasteiger charge is -2.23. The van der Waals surface area contributed by atoms with Crippen LogP contribution in [-0.2, 0) is 11.3 Å². The predicted molar refractivity (Wildman–Crippen MR) is 76.0 cm³/mol. The number of carbonyl (C=O) groups excluding carboxylic acids is 1. The van der Waals surface area contributed by atoms with E-state index in [0.29, 0.717) is 12.6 Å². The van der Waals surface area contributed by atoms with Crippen molar-refractivity contribution in [1.82, 2.24) is 5.32 Å². The highest BCUT2D eigenvalue weighted by molar-refractivity contribution is 5.77. The normalized spacial score (nSPS) is 15.3. The van der Waals surface area contributed by atoms with Gasteiger partial charge in [-0.2, -0.15) is 5.26 Å². The lowest BCUT2D eigenvalue weighted by Crippen LogP contribution is -2.22. The Labute approximate surface area is 119 Å². The third-order valence-corrected chi connectivity index (χ3v) is 3.48. The molecular weight excluding hydrogens is 252 g/mol. The van der Waals surface area contributed by atoms with Crippen LogP contribution in [0.15, 0.2) is 24.3 Å². The van der Waals surface area contributed by atoms with Crippen LogP contribution in [0.3, 0.4) is 0 Å². The first-order chi connectivity index (χ1) is 9.78. The van der Waals surface area contributed by atoms with Crippen molar-refractivity contribution in [3.8, 4) is 11.8 Å². The molecule has 1 aromatic rings. The lowest BCUT2D eigenvalue weighted by atomic mass is 9.98. The van der Waals surface area contributed by atoms with Crippen molar-refractivity contribution >= 4 is 5.91 Å². The van der Waals surface area contributed by atoms with Gasteiger partial charge in [0.15, 0.2) is 0 Å². The van der Waals surface area contributed by atoms with Crippen LogP contribution < -0.4 is 10.1 Å². The number of nitrogens with one attached hydrogen (secondary N) is 1. The highest BCUT2D eigenvalue weighted by atomic mass is 16.5. The minimum Gasteiger partial charge on any atom is -0.490 e. The fourth-order valence-electron chi connectivity index (χ4n) is 2.44. The molecule has 1 amide bonds. The molecule has 0 aromatic heterocycles. The highest BCUT2D eigenvalue weighted by Crippen LogP contribution is 2.23. The van der Waals surface area contributed by atoms with Crippen LogP contribution in [0.4, 0.5) is 0 Å². The van der Waals surface area contributed by atoms with Crippen LogP contribution in [0.1, 0.15) is 44.1 Å². The van der Waals surface area contributed by atoms with Crippen molar-refractivity contribution in [3.05, 3.63) is 29.8 Å². The van der Waals surface area contributed by atoms with E-state index < -0.39 is 0 Å². The summed E-state index contributed by atoms with van der Waals surface area (Å²) in [4.78, 5) is 11.3. The maximum Gasteiger partial charge on any atom is 0.234 e. The van der Waals surface area contributed by atoms with Gasteiger partial charge in [0, 0.05) is 6.54 Å². The van der Waals surface area contributed by atoms with E-state index in [0.717, 1.165) is 24.2 Å². The molecule has 1 fully saturated rings. The predicted octanol–water partition coefficient (Wildman–Crippen LogP) is 2.93. The number of hydrogen-bond donors (Lipinski definition) is 1. The second kappa shape index (κ2) is 7.54. The van der Waals surface area contributed by atoms with Gasteiger partial charge in [-0.05, 0) is 43.4 Å². The summed E-state index contributed by atoms with van der Waals surface area (Å²) >= 11 is 0. The van der Waals surface area contributed by atoms with Crippen LogP contribution >= 0.6 is 0 Å². The summed E-state index contributed by atoms with van der Waals surface area (Å²) in [6, 6.07) is 9.63. The standard InChI is InChI=1S/C16H20N2O2/c17-10-9-16(19)18-12-13-5-4-8-15(11-13)20-14-6-2-1-3-7-14/h4-5,8,11,14H,1-3,6-7,9,12H2,(H,18,19). The number of nitriles is 1. The zero-order valence-electron chi connectivity index (χ0n) is 11.6. The maximum atomic E-state index is 11.3. The molecule has 1 saturated carbocycles. The summed E-state index contributed by atoms with van der Waals surface area (Å²) in [6.07, 6.45) is 6.28. The molecule has 1 aliphatic carbocycles.